The number of rotatable bonds is 1. The Hall–Kier alpha value is -0.340. The normalized spacial score (nSPS) is 20.5. The molecule has 1 aliphatic rings. The number of hydrogen-bond acceptors (Lipinski definition) is 2. The fourth-order valence-corrected chi connectivity index (χ4v) is 1.30. The van der Waals surface area contributed by atoms with Crippen molar-refractivity contribution in [2.45, 2.75) is 12.8 Å². The molecule has 2 N–H and O–H groups in total. The third-order valence-corrected chi connectivity index (χ3v) is 2.17. The number of likely N-dealkylation sites (tertiary alicyclic amines) is 1. The summed E-state index contributed by atoms with van der Waals surface area (Å²) in [5, 5.41) is 0. The zero-order chi connectivity index (χ0) is 8.69. The average molecular weight is 156 g/mol. The van der Waals surface area contributed by atoms with Crippen LogP contribution in [0, 0.1) is 5.92 Å². The number of piperidine rings is 1. The first-order valence-corrected chi connectivity index (χ1v) is 4.21. The molecule has 0 amide bonds. The summed E-state index contributed by atoms with van der Waals surface area (Å²) in [4.78, 5) is 2.37. The molecule has 0 aliphatic carbocycles. The monoisotopic (exact) mass is 156 g/mol. The quantitative estimate of drug-likeness (QED) is 0.576. The van der Waals surface area contributed by atoms with Crippen LogP contribution in [0.2, 0.25) is 0 Å². The Kier molecular flexibility index (Phi) is 6.18. The summed E-state index contributed by atoms with van der Waals surface area (Å²) in [7, 11) is 2.17. The van der Waals surface area contributed by atoms with Crippen molar-refractivity contribution >= 4 is 0 Å². The van der Waals surface area contributed by atoms with Crippen LogP contribution in [0.1, 0.15) is 12.8 Å². The zero-order valence-electron chi connectivity index (χ0n) is 7.55. The van der Waals surface area contributed by atoms with Crippen LogP contribution in [0.4, 0.5) is 0 Å². The molecular weight excluding hydrogens is 136 g/mol. The average Bonchev–Trinajstić information content (AvgIpc) is 2.10. The van der Waals surface area contributed by atoms with Crippen LogP contribution in [-0.2, 0) is 0 Å². The second-order valence-corrected chi connectivity index (χ2v) is 2.98. The lowest BCUT2D eigenvalue weighted by Crippen LogP contribution is -2.33. The Bertz CT molecular complexity index is 85.6. The molecule has 0 aromatic heterocycles. The van der Waals surface area contributed by atoms with Crippen molar-refractivity contribution in [3.8, 4) is 0 Å². The zero-order valence-corrected chi connectivity index (χ0v) is 7.55. The van der Waals surface area contributed by atoms with E-state index in [0.717, 1.165) is 12.5 Å². The first-order chi connectivity index (χ1) is 5.33. The maximum atomic E-state index is 5.53. The maximum absolute atomic E-state index is 5.53. The van der Waals surface area contributed by atoms with Gasteiger partial charge in [-0.1, -0.05) is 0 Å². The van der Waals surface area contributed by atoms with E-state index in [9.17, 15) is 0 Å². The summed E-state index contributed by atoms with van der Waals surface area (Å²) in [6, 6.07) is 0. The lowest BCUT2D eigenvalue weighted by molar-refractivity contribution is 0.223. The van der Waals surface area contributed by atoms with Crippen LogP contribution in [0.3, 0.4) is 0 Å². The summed E-state index contributed by atoms with van der Waals surface area (Å²) < 4.78 is 0. The molecule has 0 spiro atoms. The highest BCUT2D eigenvalue weighted by Crippen LogP contribution is 2.13. The largest absolute Gasteiger partial charge is 0.330 e. The Morgan fingerprint density at radius 2 is 1.82 bits per heavy atom. The molecular formula is C9H20N2. The van der Waals surface area contributed by atoms with Gasteiger partial charge in [-0.3, -0.25) is 0 Å². The predicted molar refractivity (Wildman–Crippen MR) is 50.5 cm³/mol. The highest BCUT2D eigenvalue weighted by atomic mass is 15.1. The fourth-order valence-electron chi connectivity index (χ4n) is 1.30. The minimum absolute atomic E-state index is 0.807. The summed E-state index contributed by atoms with van der Waals surface area (Å²) in [5.74, 6) is 0.807. The summed E-state index contributed by atoms with van der Waals surface area (Å²) >= 11 is 0. The molecule has 1 fully saturated rings. The van der Waals surface area contributed by atoms with Crippen molar-refractivity contribution in [2.24, 2.45) is 11.7 Å². The maximum Gasteiger partial charge on any atom is -0.00187 e. The molecule has 1 aliphatic heterocycles. The van der Waals surface area contributed by atoms with E-state index >= 15 is 0 Å². The topological polar surface area (TPSA) is 29.3 Å². The molecule has 0 aromatic carbocycles. The lowest BCUT2D eigenvalue weighted by atomic mass is 9.98. The van der Waals surface area contributed by atoms with E-state index in [-0.39, 0.29) is 0 Å². The van der Waals surface area contributed by atoms with Gasteiger partial charge in [-0.2, -0.15) is 0 Å². The van der Waals surface area contributed by atoms with E-state index in [0.29, 0.717) is 0 Å². The van der Waals surface area contributed by atoms with Gasteiger partial charge in [0.1, 0.15) is 0 Å². The Balaban J connectivity index is 0.000000461. The van der Waals surface area contributed by atoms with Crippen molar-refractivity contribution in [3.63, 3.8) is 0 Å². The van der Waals surface area contributed by atoms with Crippen molar-refractivity contribution in [1.82, 2.24) is 4.90 Å². The van der Waals surface area contributed by atoms with E-state index in [2.05, 4.69) is 25.1 Å². The molecule has 0 saturated carbocycles. The molecule has 0 radical (unpaired) electrons. The van der Waals surface area contributed by atoms with Crippen molar-refractivity contribution in [1.29, 1.82) is 0 Å². The van der Waals surface area contributed by atoms with Gasteiger partial charge in [0.05, 0.1) is 0 Å². The van der Waals surface area contributed by atoms with Crippen LogP contribution < -0.4 is 5.73 Å². The smallest absolute Gasteiger partial charge is 0.00187 e. The Labute approximate surface area is 70.1 Å². The van der Waals surface area contributed by atoms with Gasteiger partial charge in [-0.25, -0.2) is 0 Å². The second-order valence-electron chi connectivity index (χ2n) is 2.98. The van der Waals surface area contributed by atoms with E-state index in [4.69, 9.17) is 5.73 Å². The second kappa shape index (κ2) is 6.38. The molecule has 2 nitrogen and oxygen atoms in total. The third-order valence-electron chi connectivity index (χ3n) is 2.17. The van der Waals surface area contributed by atoms with Gasteiger partial charge in [0.25, 0.3) is 0 Å². The number of hydrogen-bond donors (Lipinski definition) is 1. The molecule has 0 bridgehead atoms. The van der Waals surface area contributed by atoms with E-state index in [1.54, 1.807) is 0 Å². The predicted octanol–water partition coefficient (Wildman–Crippen LogP) is 1.09. The van der Waals surface area contributed by atoms with Crippen molar-refractivity contribution < 1.29 is 0 Å². The van der Waals surface area contributed by atoms with Gasteiger partial charge >= 0.3 is 0 Å². The minimum Gasteiger partial charge on any atom is -0.330 e. The van der Waals surface area contributed by atoms with Gasteiger partial charge in [-0.15, -0.1) is 13.2 Å². The van der Waals surface area contributed by atoms with Crippen LogP contribution in [0.25, 0.3) is 0 Å². The molecule has 1 saturated heterocycles. The van der Waals surface area contributed by atoms with Gasteiger partial charge in [0, 0.05) is 0 Å². The Morgan fingerprint density at radius 1 is 1.36 bits per heavy atom. The van der Waals surface area contributed by atoms with Crippen molar-refractivity contribution in [3.05, 3.63) is 13.2 Å². The molecule has 66 valence electrons. The minimum atomic E-state index is 0.807. The number of nitrogens with zero attached hydrogens (tertiary/aromatic N) is 1. The first kappa shape index (κ1) is 10.7. The highest BCUT2D eigenvalue weighted by molar-refractivity contribution is 4.69. The van der Waals surface area contributed by atoms with Crippen LogP contribution in [0.15, 0.2) is 13.2 Å². The van der Waals surface area contributed by atoms with E-state index in [1.807, 2.05) is 0 Å². The summed E-state index contributed by atoms with van der Waals surface area (Å²) in [6.07, 6.45) is 2.60. The van der Waals surface area contributed by atoms with Crippen molar-refractivity contribution in [2.75, 3.05) is 26.7 Å². The third kappa shape index (κ3) is 4.17. The first-order valence-electron chi connectivity index (χ1n) is 4.21. The van der Waals surface area contributed by atoms with Gasteiger partial charge in [-0.05, 0) is 45.4 Å². The molecule has 11 heavy (non-hydrogen) atoms. The van der Waals surface area contributed by atoms with Crippen LogP contribution in [-0.4, -0.2) is 31.6 Å². The van der Waals surface area contributed by atoms with Gasteiger partial charge < -0.3 is 10.6 Å². The Morgan fingerprint density at radius 3 is 2.18 bits per heavy atom. The highest BCUT2D eigenvalue weighted by Gasteiger charge is 2.13. The molecule has 0 aromatic rings. The molecule has 2 heteroatoms. The summed E-state index contributed by atoms with van der Waals surface area (Å²) in [6.45, 7) is 9.36. The van der Waals surface area contributed by atoms with Gasteiger partial charge in [0.2, 0.25) is 0 Å². The lowest BCUT2D eigenvalue weighted by Gasteiger charge is -2.27. The van der Waals surface area contributed by atoms with Crippen LogP contribution >= 0.6 is 0 Å². The standard InChI is InChI=1S/C7H16N2.C2H4/c1-9-4-2-7(6-8)3-5-9;1-2/h7H,2-6,8H2,1H3;1-2H2. The fraction of sp³-hybridized carbons (Fsp3) is 0.778. The molecule has 1 heterocycles. The summed E-state index contributed by atoms with van der Waals surface area (Å²) in [5.41, 5.74) is 5.53. The molecule has 1 rings (SSSR count). The van der Waals surface area contributed by atoms with Crippen LogP contribution in [0.5, 0.6) is 0 Å². The van der Waals surface area contributed by atoms with E-state index < -0.39 is 0 Å². The molecule has 0 atom stereocenters. The number of nitrogens with two attached hydrogens (primary N) is 1. The van der Waals surface area contributed by atoms with Gasteiger partial charge in [0.15, 0.2) is 0 Å². The van der Waals surface area contributed by atoms with E-state index in [1.165, 1.54) is 25.9 Å². The SMILES string of the molecule is C=C.CN1CCC(CN)CC1. The molecule has 0 unspecified atom stereocenters.